The molecule has 0 heterocycles. The van der Waals surface area contributed by atoms with Crippen molar-refractivity contribution in [3.8, 4) is 0 Å². The van der Waals surface area contributed by atoms with Gasteiger partial charge in [-0.3, -0.25) is 9.59 Å². The van der Waals surface area contributed by atoms with Crippen LogP contribution in [0.5, 0.6) is 0 Å². The molecule has 0 aliphatic heterocycles. The summed E-state index contributed by atoms with van der Waals surface area (Å²) >= 11 is 0. The lowest BCUT2D eigenvalue weighted by Gasteiger charge is -2.36. The number of Topliss-reactive ketones (excluding diaryl/α,β-unsaturated/α-hetero) is 1. The Morgan fingerprint density at radius 2 is 1.79 bits per heavy atom. The standard InChI is InChI=1S/C20H28N2O5S/c1-13(12-27-2)22-28(25,26)18-8-6-17(7-9-18)21-20(24)16-10-14-4-3-5-15(11-16)19(14)23/h6-9,13-16,22H,3-5,10-12H2,1-2H3,(H,21,24). The lowest BCUT2D eigenvalue weighted by Crippen LogP contribution is -2.40. The van der Waals surface area contributed by atoms with Crippen molar-refractivity contribution in [1.29, 1.82) is 0 Å². The number of nitrogens with one attached hydrogen (secondary N) is 2. The van der Waals surface area contributed by atoms with E-state index in [0.29, 0.717) is 24.3 Å². The van der Waals surface area contributed by atoms with Crippen molar-refractivity contribution in [2.45, 2.75) is 50.0 Å². The molecule has 2 N–H and O–H groups in total. The Labute approximate surface area is 166 Å². The molecule has 7 nitrogen and oxygen atoms in total. The van der Waals surface area contributed by atoms with Crippen LogP contribution in [-0.2, 0) is 24.3 Å². The molecule has 1 aromatic carbocycles. The van der Waals surface area contributed by atoms with Gasteiger partial charge in [-0.25, -0.2) is 13.1 Å². The normalized spacial score (nSPS) is 25.9. The molecule has 1 aromatic rings. The molecule has 2 aliphatic rings. The number of ketones is 1. The quantitative estimate of drug-likeness (QED) is 0.721. The SMILES string of the molecule is COCC(C)NS(=O)(=O)c1ccc(NC(=O)C2CC3CCCC(C2)C3=O)cc1. The van der Waals surface area contributed by atoms with Gasteiger partial charge in [0, 0.05) is 36.6 Å². The van der Waals surface area contributed by atoms with E-state index in [-0.39, 0.29) is 41.2 Å². The highest BCUT2D eigenvalue weighted by molar-refractivity contribution is 7.89. The zero-order valence-electron chi connectivity index (χ0n) is 16.3. The molecule has 28 heavy (non-hydrogen) atoms. The smallest absolute Gasteiger partial charge is 0.240 e. The van der Waals surface area contributed by atoms with Crippen molar-refractivity contribution in [3.63, 3.8) is 0 Å². The van der Waals surface area contributed by atoms with Crippen LogP contribution in [0.1, 0.15) is 39.0 Å². The minimum absolute atomic E-state index is 0.0240. The first-order valence-corrected chi connectivity index (χ1v) is 11.2. The maximum absolute atomic E-state index is 12.6. The van der Waals surface area contributed by atoms with Gasteiger partial charge in [0.1, 0.15) is 5.78 Å². The summed E-state index contributed by atoms with van der Waals surface area (Å²) in [5.41, 5.74) is 0.552. The topological polar surface area (TPSA) is 102 Å². The van der Waals surface area contributed by atoms with Crippen molar-refractivity contribution in [2.75, 3.05) is 19.0 Å². The molecule has 2 fully saturated rings. The lowest BCUT2D eigenvalue weighted by atomic mass is 9.67. The van der Waals surface area contributed by atoms with E-state index in [1.807, 2.05) is 0 Å². The lowest BCUT2D eigenvalue weighted by molar-refractivity contribution is -0.136. The Hall–Kier alpha value is -1.77. The van der Waals surface area contributed by atoms with Crippen LogP contribution in [-0.4, -0.2) is 39.9 Å². The number of benzene rings is 1. The molecular weight excluding hydrogens is 380 g/mol. The minimum atomic E-state index is -3.64. The molecule has 3 atom stereocenters. The third-order valence-corrected chi connectivity index (χ3v) is 7.23. The zero-order valence-corrected chi connectivity index (χ0v) is 17.1. The fourth-order valence-corrected chi connectivity index (χ4v) is 5.50. The molecule has 0 saturated heterocycles. The second-order valence-corrected chi connectivity index (χ2v) is 9.60. The number of ether oxygens (including phenoxy) is 1. The van der Waals surface area contributed by atoms with E-state index in [9.17, 15) is 18.0 Å². The summed E-state index contributed by atoms with van der Waals surface area (Å²) in [6.45, 7) is 2.00. The molecule has 3 unspecified atom stereocenters. The van der Waals surface area contributed by atoms with Gasteiger partial charge in [0.2, 0.25) is 15.9 Å². The molecule has 0 aromatic heterocycles. The molecule has 154 valence electrons. The number of rotatable bonds is 7. The number of hydrogen-bond donors (Lipinski definition) is 2. The monoisotopic (exact) mass is 408 g/mol. The van der Waals surface area contributed by atoms with Gasteiger partial charge in [-0.1, -0.05) is 6.42 Å². The fourth-order valence-electron chi connectivity index (χ4n) is 4.27. The molecule has 2 bridgehead atoms. The largest absolute Gasteiger partial charge is 0.383 e. The number of anilines is 1. The minimum Gasteiger partial charge on any atom is -0.383 e. The van der Waals surface area contributed by atoms with Gasteiger partial charge in [0.25, 0.3) is 0 Å². The summed E-state index contributed by atoms with van der Waals surface area (Å²) in [4.78, 5) is 24.9. The number of amides is 1. The van der Waals surface area contributed by atoms with Crippen LogP contribution in [0.2, 0.25) is 0 Å². The van der Waals surface area contributed by atoms with Gasteiger partial charge in [-0.15, -0.1) is 0 Å². The van der Waals surface area contributed by atoms with E-state index in [4.69, 9.17) is 4.74 Å². The second kappa shape index (κ2) is 8.71. The van der Waals surface area contributed by atoms with E-state index in [1.165, 1.54) is 19.2 Å². The summed E-state index contributed by atoms with van der Waals surface area (Å²) in [6.07, 6.45) is 4.09. The molecule has 2 saturated carbocycles. The van der Waals surface area contributed by atoms with E-state index >= 15 is 0 Å². The maximum atomic E-state index is 12.6. The first-order valence-electron chi connectivity index (χ1n) is 9.76. The summed E-state index contributed by atoms with van der Waals surface area (Å²) in [5, 5.41) is 2.87. The number of fused-ring (bicyclic) bond motifs is 2. The fraction of sp³-hybridized carbons (Fsp3) is 0.600. The Morgan fingerprint density at radius 3 is 2.36 bits per heavy atom. The van der Waals surface area contributed by atoms with Gasteiger partial charge < -0.3 is 10.1 Å². The van der Waals surface area contributed by atoms with Crippen LogP contribution in [0.3, 0.4) is 0 Å². The summed E-state index contributed by atoms with van der Waals surface area (Å²) < 4.78 is 32.2. The molecule has 0 radical (unpaired) electrons. The van der Waals surface area contributed by atoms with Gasteiger partial charge >= 0.3 is 0 Å². The van der Waals surface area contributed by atoms with Gasteiger partial charge in [0.15, 0.2) is 0 Å². The number of hydrogen-bond acceptors (Lipinski definition) is 5. The van der Waals surface area contributed by atoms with E-state index in [1.54, 1.807) is 19.1 Å². The number of carbonyl (C=O) groups excluding carboxylic acids is 2. The van der Waals surface area contributed by atoms with E-state index < -0.39 is 10.0 Å². The van der Waals surface area contributed by atoms with Gasteiger partial charge in [-0.2, -0.15) is 0 Å². The van der Waals surface area contributed by atoms with E-state index in [2.05, 4.69) is 10.0 Å². The summed E-state index contributed by atoms with van der Waals surface area (Å²) in [6, 6.07) is 5.76. The predicted molar refractivity (Wildman–Crippen MR) is 105 cm³/mol. The predicted octanol–water partition coefficient (Wildman–Crippen LogP) is 2.33. The highest BCUT2D eigenvalue weighted by Crippen LogP contribution is 2.40. The average molecular weight is 409 g/mol. The Bertz CT molecular complexity index is 806. The van der Waals surface area contributed by atoms with Crippen LogP contribution in [0.25, 0.3) is 0 Å². The molecule has 3 rings (SSSR count). The van der Waals surface area contributed by atoms with Crippen LogP contribution in [0.15, 0.2) is 29.2 Å². The molecule has 2 aliphatic carbocycles. The van der Waals surface area contributed by atoms with Crippen molar-refractivity contribution in [3.05, 3.63) is 24.3 Å². The third kappa shape index (κ3) is 4.79. The Balaban J connectivity index is 1.61. The molecular formula is C20H28N2O5S. The van der Waals surface area contributed by atoms with Crippen LogP contribution >= 0.6 is 0 Å². The van der Waals surface area contributed by atoms with Crippen molar-refractivity contribution in [2.24, 2.45) is 17.8 Å². The Kier molecular flexibility index (Phi) is 6.52. The zero-order chi connectivity index (χ0) is 20.3. The van der Waals surface area contributed by atoms with Crippen molar-refractivity contribution < 1.29 is 22.7 Å². The Morgan fingerprint density at radius 1 is 1.18 bits per heavy atom. The number of sulfonamides is 1. The molecule has 0 spiro atoms. The highest BCUT2D eigenvalue weighted by Gasteiger charge is 2.41. The summed E-state index contributed by atoms with van der Waals surface area (Å²) in [5.74, 6) is 0.131. The van der Waals surface area contributed by atoms with Gasteiger partial charge in [0.05, 0.1) is 11.5 Å². The molecule has 1 amide bonds. The average Bonchev–Trinajstić information content (AvgIpc) is 2.61. The van der Waals surface area contributed by atoms with Gasteiger partial charge in [-0.05, 0) is 56.9 Å². The van der Waals surface area contributed by atoms with E-state index in [0.717, 1.165) is 19.3 Å². The molecule has 8 heteroatoms. The number of methoxy groups -OCH3 is 1. The summed E-state index contributed by atoms with van der Waals surface area (Å²) in [7, 11) is -2.13. The highest BCUT2D eigenvalue weighted by atomic mass is 32.2. The third-order valence-electron chi connectivity index (χ3n) is 5.62. The number of carbonyl (C=O) groups is 2. The van der Waals surface area contributed by atoms with Crippen LogP contribution in [0, 0.1) is 17.8 Å². The first-order chi connectivity index (χ1) is 13.3. The van der Waals surface area contributed by atoms with Crippen molar-refractivity contribution >= 4 is 27.4 Å². The van der Waals surface area contributed by atoms with Crippen LogP contribution < -0.4 is 10.0 Å². The van der Waals surface area contributed by atoms with Crippen molar-refractivity contribution in [1.82, 2.24) is 4.72 Å². The van der Waals surface area contributed by atoms with Crippen LogP contribution in [0.4, 0.5) is 5.69 Å². The maximum Gasteiger partial charge on any atom is 0.240 e. The second-order valence-electron chi connectivity index (χ2n) is 7.89. The first kappa shape index (κ1) is 21.0.